The van der Waals surface area contributed by atoms with Crippen molar-refractivity contribution in [2.45, 2.75) is 32.2 Å². The molecule has 0 unspecified atom stereocenters. The number of ketones is 1. The highest BCUT2D eigenvalue weighted by molar-refractivity contribution is 5.94. The number of hydrogen-bond donors (Lipinski definition) is 0. The van der Waals surface area contributed by atoms with E-state index in [0.717, 1.165) is 69.0 Å². The number of rotatable bonds is 4. The lowest BCUT2D eigenvalue weighted by Crippen LogP contribution is -2.56. The molecule has 2 aromatic rings. The number of fused-ring (bicyclic) bond motifs is 2. The SMILES string of the molecule is COc1cccc2c1C[C@H]1C[C@@H](C(=O)N3CCN(c4ccc(C(C)=O)cc4)CC3)CN(C)[C@@H]1C2. The van der Waals surface area contributed by atoms with Crippen molar-refractivity contribution in [1.29, 1.82) is 0 Å². The number of Topliss-reactive ketones (excluding diaryl/α,β-unsaturated/α-hetero) is 1. The van der Waals surface area contributed by atoms with Crippen molar-refractivity contribution in [2.75, 3.05) is 51.8 Å². The van der Waals surface area contributed by atoms with E-state index in [1.54, 1.807) is 14.0 Å². The number of piperazine rings is 1. The van der Waals surface area contributed by atoms with Gasteiger partial charge in [-0.25, -0.2) is 0 Å². The predicted octanol–water partition coefficient (Wildman–Crippen LogP) is 3.28. The summed E-state index contributed by atoms with van der Waals surface area (Å²) in [5.74, 6) is 1.92. The summed E-state index contributed by atoms with van der Waals surface area (Å²) in [4.78, 5) is 31.9. The molecule has 1 amide bonds. The number of likely N-dealkylation sites (tertiary alicyclic amines) is 1. The summed E-state index contributed by atoms with van der Waals surface area (Å²) in [5.41, 5.74) is 4.58. The number of anilines is 1. The Morgan fingerprint density at radius 2 is 1.71 bits per heavy atom. The minimum atomic E-state index is 0.0592. The van der Waals surface area contributed by atoms with Crippen LogP contribution in [0.1, 0.15) is 34.8 Å². The smallest absolute Gasteiger partial charge is 0.227 e. The molecule has 0 radical (unpaired) electrons. The molecule has 3 atom stereocenters. The zero-order chi connectivity index (χ0) is 23.8. The third kappa shape index (κ3) is 4.31. The van der Waals surface area contributed by atoms with Crippen LogP contribution in [0, 0.1) is 11.8 Å². The summed E-state index contributed by atoms with van der Waals surface area (Å²) in [7, 11) is 3.93. The molecular weight excluding hydrogens is 426 g/mol. The fourth-order valence-corrected chi connectivity index (χ4v) is 6.22. The highest BCUT2D eigenvalue weighted by atomic mass is 16.5. The van der Waals surface area contributed by atoms with Crippen molar-refractivity contribution in [1.82, 2.24) is 9.80 Å². The van der Waals surface area contributed by atoms with Crippen molar-refractivity contribution in [3.63, 3.8) is 0 Å². The zero-order valence-corrected chi connectivity index (χ0v) is 20.5. The predicted molar refractivity (Wildman–Crippen MR) is 134 cm³/mol. The Hall–Kier alpha value is -2.86. The maximum absolute atomic E-state index is 13.5. The summed E-state index contributed by atoms with van der Waals surface area (Å²) in [5, 5.41) is 0. The zero-order valence-electron chi connectivity index (χ0n) is 20.5. The first-order valence-corrected chi connectivity index (χ1v) is 12.4. The Labute approximate surface area is 202 Å². The van der Waals surface area contributed by atoms with Crippen LogP contribution in [0.5, 0.6) is 5.75 Å². The number of carbonyl (C=O) groups is 2. The average molecular weight is 462 g/mol. The number of piperidine rings is 1. The molecular formula is C28H35N3O3. The lowest BCUT2D eigenvalue weighted by Gasteiger charge is -2.47. The van der Waals surface area contributed by atoms with Gasteiger partial charge in [0.1, 0.15) is 5.75 Å². The van der Waals surface area contributed by atoms with Crippen molar-refractivity contribution in [2.24, 2.45) is 11.8 Å². The second-order valence-electron chi connectivity index (χ2n) is 10.1. The normalized spacial score (nSPS) is 24.9. The summed E-state index contributed by atoms with van der Waals surface area (Å²) >= 11 is 0. The van der Waals surface area contributed by atoms with Crippen molar-refractivity contribution in [3.05, 3.63) is 59.2 Å². The molecule has 0 bridgehead atoms. The Balaban J connectivity index is 1.22. The van der Waals surface area contributed by atoms with E-state index in [1.165, 1.54) is 11.1 Å². The molecule has 34 heavy (non-hydrogen) atoms. The number of nitrogens with zero attached hydrogens (tertiary/aromatic N) is 3. The highest BCUT2D eigenvalue weighted by Gasteiger charge is 2.41. The van der Waals surface area contributed by atoms with E-state index in [-0.39, 0.29) is 11.7 Å². The first-order chi connectivity index (χ1) is 16.4. The molecule has 2 saturated heterocycles. The van der Waals surface area contributed by atoms with Gasteiger partial charge >= 0.3 is 0 Å². The maximum atomic E-state index is 13.5. The molecule has 5 rings (SSSR count). The minimum Gasteiger partial charge on any atom is -0.496 e. The van der Waals surface area contributed by atoms with Gasteiger partial charge in [-0.1, -0.05) is 12.1 Å². The molecule has 2 heterocycles. The Morgan fingerprint density at radius 1 is 0.971 bits per heavy atom. The molecule has 6 heteroatoms. The summed E-state index contributed by atoms with van der Waals surface area (Å²) in [6, 6.07) is 14.7. The molecule has 0 N–H and O–H groups in total. The van der Waals surface area contributed by atoms with Gasteiger partial charge in [0.15, 0.2) is 5.78 Å². The van der Waals surface area contributed by atoms with E-state index >= 15 is 0 Å². The molecule has 0 aromatic heterocycles. The van der Waals surface area contributed by atoms with Gasteiger partial charge in [0.2, 0.25) is 5.91 Å². The van der Waals surface area contributed by atoms with Crippen LogP contribution in [-0.4, -0.2) is 74.4 Å². The molecule has 2 aromatic carbocycles. The third-order valence-electron chi connectivity index (χ3n) is 8.13. The second-order valence-corrected chi connectivity index (χ2v) is 10.1. The average Bonchev–Trinajstić information content (AvgIpc) is 2.87. The van der Waals surface area contributed by atoms with Gasteiger partial charge in [0.25, 0.3) is 0 Å². The van der Waals surface area contributed by atoms with Crippen LogP contribution in [0.15, 0.2) is 42.5 Å². The van der Waals surface area contributed by atoms with Gasteiger partial charge in [-0.2, -0.15) is 0 Å². The largest absolute Gasteiger partial charge is 0.496 e. The van der Waals surface area contributed by atoms with E-state index in [2.05, 4.69) is 39.9 Å². The fourth-order valence-electron chi connectivity index (χ4n) is 6.22. The maximum Gasteiger partial charge on any atom is 0.227 e. The Morgan fingerprint density at radius 3 is 2.38 bits per heavy atom. The summed E-state index contributed by atoms with van der Waals surface area (Å²) < 4.78 is 5.64. The van der Waals surface area contributed by atoms with Crippen molar-refractivity contribution >= 4 is 17.4 Å². The summed E-state index contributed by atoms with van der Waals surface area (Å²) in [6.07, 6.45) is 2.98. The number of methoxy groups -OCH3 is 1. The molecule has 3 aliphatic rings. The first kappa shape index (κ1) is 22.9. The lowest BCUT2D eigenvalue weighted by molar-refractivity contribution is -0.139. The molecule has 180 valence electrons. The van der Waals surface area contributed by atoms with E-state index in [9.17, 15) is 9.59 Å². The van der Waals surface area contributed by atoms with Gasteiger partial charge in [-0.3, -0.25) is 9.59 Å². The number of benzene rings is 2. The number of hydrogen-bond acceptors (Lipinski definition) is 5. The van der Waals surface area contributed by atoms with Crippen LogP contribution in [0.3, 0.4) is 0 Å². The Bertz CT molecular complexity index is 1060. The monoisotopic (exact) mass is 461 g/mol. The fraction of sp³-hybridized carbons (Fsp3) is 0.500. The molecule has 6 nitrogen and oxygen atoms in total. The van der Waals surface area contributed by atoms with Gasteiger partial charge in [-0.15, -0.1) is 0 Å². The molecule has 2 aliphatic heterocycles. The van der Waals surface area contributed by atoms with Crippen LogP contribution in [0.25, 0.3) is 0 Å². The minimum absolute atomic E-state index is 0.0592. The Kier molecular flexibility index (Phi) is 6.34. The first-order valence-electron chi connectivity index (χ1n) is 12.4. The van der Waals surface area contributed by atoms with Crippen LogP contribution in [0.4, 0.5) is 5.69 Å². The summed E-state index contributed by atoms with van der Waals surface area (Å²) in [6.45, 7) is 5.57. The second kappa shape index (κ2) is 9.41. The lowest BCUT2D eigenvalue weighted by atomic mass is 9.72. The van der Waals surface area contributed by atoms with Gasteiger partial charge in [0, 0.05) is 50.0 Å². The van der Waals surface area contributed by atoms with E-state index in [0.29, 0.717) is 17.9 Å². The van der Waals surface area contributed by atoms with E-state index < -0.39 is 0 Å². The number of carbonyl (C=O) groups excluding carboxylic acids is 2. The number of likely N-dealkylation sites (N-methyl/N-ethyl adjacent to an activating group) is 1. The van der Waals surface area contributed by atoms with Gasteiger partial charge < -0.3 is 19.4 Å². The standard InChI is InChI=1S/C28H35N3O3/c1-19(32)20-7-9-24(10-8-20)30-11-13-31(14-12-30)28(33)23-15-22-16-25-21(5-4-6-27(25)34-3)17-26(22)29(2)18-23/h4-10,22-23,26H,11-18H2,1-3H3/t22-,23-,26-/m1/s1. The van der Waals surface area contributed by atoms with Crippen LogP contribution in [-0.2, 0) is 17.6 Å². The molecule has 2 fully saturated rings. The van der Waals surface area contributed by atoms with E-state index in [1.807, 2.05) is 24.3 Å². The topological polar surface area (TPSA) is 53.1 Å². The van der Waals surface area contributed by atoms with E-state index in [4.69, 9.17) is 4.74 Å². The van der Waals surface area contributed by atoms with Crippen molar-refractivity contribution in [3.8, 4) is 5.75 Å². The quantitative estimate of drug-likeness (QED) is 0.654. The van der Waals surface area contributed by atoms with Gasteiger partial charge in [-0.05, 0) is 80.6 Å². The van der Waals surface area contributed by atoms with Crippen LogP contribution < -0.4 is 9.64 Å². The molecule has 0 spiro atoms. The van der Waals surface area contributed by atoms with Crippen LogP contribution >= 0.6 is 0 Å². The number of ether oxygens (including phenoxy) is 1. The van der Waals surface area contributed by atoms with Gasteiger partial charge in [0.05, 0.1) is 13.0 Å². The highest BCUT2D eigenvalue weighted by Crippen LogP contribution is 2.40. The molecule has 0 saturated carbocycles. The number of amides is 1. The van der Waals surface area contributed by atoms with Crippen LogP contribution in [0.2, 0.25) is 0 Å². The molecule has 1 aliphatic carbocycles. The third-order valence-corrected chi connectivity index (χ3v) is 8.13. The van der Waals surface area contributed by atoms with Crippen molar-refractivity contribution < 1.29 is 14.3 Å².